The van der Waals surface area contributed by atoms with E-state index in [2.05, 4.69) is 10.1 Å². The zero-order valence-corrected chi connectivity index (χ0v) is 13.6. The van der Waals surface area contributed by atoms with Crippen LogP contribution >= 0.6 is 0 Å². The van der Waals surface area contributed by atoms with Gasteiger partial charge in [0.05, 0.1) is 6.20 Å². The Labute approximate surface area is 146 Å². The maximum atomic E-state index is 14.2. The molecule has 9 heteroatoms. The molecule has 134 valence electrons. The molecule has 1 atom stereocenters. The lowest BCUT2D eigenvalue weighted by atomic mass is 9.97. The van der Waals surface area contributed by atoms with Crippen molar-refractivity contribution in [3.63, 3.8) is 0 Å². The fourth-order valence-electron chi connectivity index (χ4n) is 3.16. The third kappa shape index (κ3) is 2.61. The number of carbonyl (C=O) groups excluding carboxylic acids is 1. The summed E-state index contributed by atoms with van der Waals surface area (Å²) < 4.78 is 29.2. The first kappa shape index (κ1) is 16.6. The van der Waals surface area contributed by atoms with Crippen molar-refractivity contribution in [2.75, 3.05) is 6.54 Å². The van der Waals surface area contributed by atoms with Crippen LogP contribution in [0.4, 0.5) is 8.78 Å². The monoisotopic (exact) mass is 359 g/mol. The molecule has 3 aromatic rings. The minimum Gasteiger partial charge on any atom is -0.362 e. The van der Waals surface area contributed by atoms with Crippen LogP contribution in [0.1, 0.15) is 28.8 Å². The second-order valence-corrected chi connectivity index (χ2v) is 6.08. The van der Waals surface area contributed by atoms with E-state index in [1.54, 1.807) is 12.3 Å². The number of carbonyl (C=O) groups is 1. The first-order valence-corrected chi connectivity index (χ1v) is 8.02. The molecule has 4 rings (SSSR count). The predicted molar refractivity (Wildman–Crippen MR) is 86.6 cm³/mol. The zero-order valence-electron chi connectivity index (χ0n) is 13.6. The van der Waals surface area contributed by atoms with Crippen molar-refractivity contribution in [1.82, 2.24) is 19.7 Å². The standard InChI is InChI=1S/C17H15F2N5O2/c18-11-3-4-14(19)13(9-11)17(20)5-1-8-24(17)26-16(25)12-10-22-23-7-2-6-21-15(12)23/h2-4,6-7,9-10H,1,5,8,20H2/t17-/m1/s1. The molecule has 0 aliphatic carbocycles. The van der Waals surface area contributed by atoms with Crippen LogP contribution in [-0.2, 0) is 10.5 Å². The van der Waals surface area contributed by atoms with Crippen molar-refractivity contribution in [3.05, 3.63) is 65.6 Å². The van der Waals surface area contributed by atoms with Gasteiger partial charge in [-0.25, -0.2) is 23.1 Å². The minimum atomic E-state index is -1.45. The molecular formula is C17H15F2N5O2. The molecule has 1 aliphatic heterocycles. The van der Waals surface area contributed by atoms with Gasteiger partial charge in [-0.1, -0.05) is 0 Å². The molecule has 0 amide bonds. The second kappa shape index (κ2) is 6.11. The Morgan fingerprint density at radius 3 is 3.04 bits per heavy atom. The average molecular weight is 359 g/mol. The summed E-state index contributed by atoms with van der Waals surface area (Å²) in [5, 5.41) is 5.22. The van der Waals surface area contributed by atoms with Gasteiger partial charge in [0.2, 0.25) is 0 Å². The van der Waals surface area contributed by atoms with E-state index in [-0.39, 0.29) is 11.1 Å². The summed E-state index contributed by atoms with van der Waals surface area (Å²) >= 11 is 0. The van der Waals surface area contributed by atoms with Gasteiger partial charge in [0.15, 0.2) is 5.65 Å². The molecule has 1 fully saturated rings. The van der Waals surface area contributed by atoms with E-state index in [0.717, 1.165) is 18.2 Å². The molecule has 0 spiro atoms. The molecule has 7 nitrogen and oxygen atoms in total. The van der Waals surface area contributed by atoms with Crippen LogP contribution in [0, 0.1) is 11.6 Å². The number of benzene rings is 1. The number of nitrogens with two attached hydrogens (primary N) is 1. The molecule has 0 radical (unpaired) electrons. The van der Waals surface area contributed by atoms with E-state index in [9.17, 15) is 13.6 Å². The van der Waals surface area contributed by atoms with Crippen LogP contribution in [0.15, 0.2) is 42.9 Å². The number of fused-ring (bicyclic) bond motifs is 1. The fraction of sp³-hybridized carbons (Fsp3) is 0.235. The largest absolute Gasteiger partial charge is 0.362 e. The maximum absolute atomic E-state index is 14.2. The number of hydrogen-bond donors (Lipinski definition) is 1. The van der Waals surface area contributed by atoms with Crippen molar-refractivity contribution in [2.24, 2.45) is 5.73 Å². The van der Waals surface area contributed by atoms with Gasteiger partial charge in [0, 0.05) is 24.5 Å². The summed E-state index contributed by atoms with van der Waals surface area (Å²) in [4.78, 5) is 22.1. The topological polar surface area (TPSA) is 85.7 Å². The van der Waals surface area contributed by atoms with Crippen LogP contribution in [0.3, 0.4) is 0 Å². The van der Waals surface area contributed by atoms with Crippen LogP contribution < -0.4 is 5.73 Å². The fourth-order valence-corrected chi connectivity index (χ4v) is 3.16. The number of halogens is 2. The van der Waals surface area contributed by atoms with Gasteiger partial charge >= 0.3 is 5.97 Å². The third-order valence-electron chi connectivity index (χ3n) is 4.45. The van der Waals surface area contributed by atoms with Crippen molar-refractivity contribution in [1.29, 1.82) is 0 Å². The summed E-state index contributed by atoms with van der Waals surface area (Å²) in [5.74, 6) is -1.99. The Bertz CT molecular complexity index is 992. The van der Waals surface area contributed by atoms with Crippen molar-refractivity contribution in [3.8, 4) is 0 Å². The summed E-state index contributed by atoms with van der Waals surface area (Å²) in [6.45, 7) is 0.296. The number of rotatable bonds is 3. The molecule has 0 saturated carbocycles. The summed E-state index contributed by atoms with van der Waals surface area (Å²) in [7, 11) is 0. The lowest BCUT2D eigenvalue weighted by molar-refractivity contribution is -0.159. The Balaban J connectivity index is 1.65. The highest BCUT2D eigenvalue weighted by molar-refractivity contribution is 5.95. The average Bonchev–Trinajstić information content (AvgIpc) is 3.22. The normalized spacial score (nSPS) is 20.6. The van der Waals surface area contributed by atoms with Gasteiger partial charge in [0.1, 0.15) is 22.9 Å². The molecule has 2 aromatic heterocycles. The van der Waals surface area contributed by atoms with E-state index < -0.39 is 23.3 Å². The molecule has 0 unspecified atom stereocenters. The highest BCUT2D eigenvalue weighted by Gasteiger charge is 2.44. The van der Waals surface area contributed by atoms with Crippen molar-refractivity contribution >= 4 is 11.6 Å². The Hall–Kier alpha value is -2.91. The molecule has 3 heterocycles. The summed E-state index contributed by atoms with van der Waals surface area (Å²) in [6.07, 6.45) is 5.38. The molecule has 2 N–H and O–H groups in total. The first-order chi connectivity index (χ1) is 12.5. The van der Waals surface area contributed by atoms with E-state index in [0.29, 0.717) is 25.0 Å². The van der Waals surface area contributed by atoms with Gasteiger partial charge in [-0.3, -0.25) is 0 Å². The summed E-state index contributed by atoms with van der Waals surface area (Å²) in [6, 6.07) is 4.72. The van der Waals surface area contributed by atoms with Gasteiger partial charge in [0.25, 0.3) is 0 Å². The molecule has 1 aromatic carbocycles. The molecule has 26 heavy (non-hydrogen) atoms. The Morgan fingerprint density at radius 1 is 1.35 bits per heavy atom. The zero-order chi connectivity index (χ0) is 18.3. The number of hydrogen-bond acceptors (Lipinski definition) is 6. The molecule has 0 bridgehead atoms. The van der Waals surface area contributed by atoms with E-state index >= 15 is 0 Å². The smallest absolute Gasteiger partial charge is 0.362 e. The van der Waals surface area contributed by atoms with Gasteiger partial charge < -0.3 is 10.6 Å². The molecule has 1 aliphatic rings. The lowest BCUT2D eigenvalue weighted by Crippen LogP contribution is -2.50. The van der Waals surface area contributed by atoms with Crippen molar-refractivity contribution in [2.45, 2.75) is 18.5 Å². The quantitative estimate of drug-likeness (QED) is 0.770. The number of hydroxylamine groups is 2. The van der Waals surface area contributed by atoms with E-state index in [1.807, 2.05) is 0 Å². The number of aromatic nitrogens is 3. The second-order valence-electron chi connectivity index (χ2n) is 6.08. The Morgan fingerprint density at radius 2 is 2.19 bits per heavy atom. The highest BCUT2D eigenvalue weighted by Crippen LogP contribution is 2.36. The van der Waals surface area contributed by atoms with Crippen LogP contribution in [0.5, 0.6) is 0 Å². The Kier molecular flexibility index (Phi) is 3.89. The van der Waals surface area contributed by atoms with Crippen LogP contribution in [0.2, 0.25) is 0 Å². The molecule has 1 saturated heterocycles. The van der Waals surface area contributed by atoms with Gasteiger partial charge in [-0.15, -0.1) is 5.06 Å². The number of nitrogens with zero attached hydrogens (tertiary/aromatic N) is 4. The predicted octanol–water partition coefficient (Wildman–Crippen LogP) is 1.99. The van der Waals surface area contributed by atoms with Crippen molar-refractivity contribution < 1.29 is 18.4 Å². The van der Waals surface area contributed by atoms with Crippen LogP contribution in [-0.4, -0.2) is 32.2 Å². The highest BCUT2D eigenvalue weighted by atomic mass is 19.1. The van der Waals surface area contributed by atoms with Crippen LogP contribution in [0.25, 0.3) is 5.65 Å². The van der Waals surface area contributed by atoms with E-state index in [1.165, 1.54) is 22.0 Å². The summed E-state index contributed by atoms with van der Waals surface area (Å²) in [5.41, 5.74) is 5.30. The van der Waals surface area contributed by atoms with Gasteiger partial charge in [-0.2, -0.15) is 5.10 Å². The SMILES string of the molecule is N[C@]1(c2cc(F)ccc2F)CCCN1OC(=O)c1cnn2cccnc12. The lowest BCUT2D eigenvalue weighted by Gasteiger charge is -2.33. The minimum absolute atomic E-state index is 0.0548. The third-order valence-corrected chi connectivity index (χ3v) is 4.45. The maximum Gasteiger partial charge on any atom is 0.362 e. The van der Waals surface area contributed by atoms with E-state index in [4.69, 9.17) is 10.6 Å². The van der Waals surface area contributed by atoms with Gasteiger partial charge in [-0.05, 0) is 37.1 Å². The first-order valence-electron chi connectivity index (χ1n) is 8.02. The molecular weight excluding hydrogens is 344 g/mol.